The van der Waals surface area contributed by atoms with Gasteiger partial charge in [-0.3, -0.25) is 4.79 Å². The van der Waals surface area contributed by atoms with Gasteiger partial charge in [-0.05, 0) is 32.4 Å². The summed E-state index contributed by atoms with van der Waals surface area (Å²) in [7, 11) is 0. The number of aryl methyl sites for hydroxylation is 1. The summed E-state index contributed by atoms with van der Waals surface area (Å²) in [6, 6.07) is 8.04. The van der Waals surface area contributed by atoms with Crippen LogP contribution in [0.15, 0.2) is 29.1 Å². The standard InChI is InChI=1S/C14H18N2O/c1-4-16(5-2)12-9-11-8-6-7-10(3)13(11)15-14(12)17/h6-9H,4-5H2,1-3H3,(H,15,17). The van der Waals surface area contributed by atoms with Gasteiger partial charge in [0, 0.05) is 18.5 Å². The first-order valence-corrected chi connectivity index (χ1v) is 6.05. The Morgan fingerprint density at radius 3 is 2.59 bits per heavy atom. The minimum Gasteiger partial charge on any atom is -0.368 e. The Kier molecular flexibility index (Phi) is 3.18. The molecule has 1 aromatic carbocycles. The maximum absolute atomic E-state index is 12.0. The minimum atomic E-state index is -0.00417. The van der Waals surface area contributed by atoms with E-state index in [1.54, 1.807) is 0 Å². The molecule has 2 rings (SSSR count). The lowest BCUT2D eigenvalue weighted by Crippen LogP contribution is -2.28. The number of aromatic amines is 1. The van der Waals surface area contributed by atoms with E-state index >= 15 is 0 Å². The second-order valence-corrected chi connectivity index (χ2v) is 4.20. The van der Waals surface area contributed by atoms with Gasteiger partial charge < -0.3 is 9.88 Å². The molecule has 0 saturated heterocycles. The van der Waals surface area contributed by atoms with Crippen LogP contribution in [0, 0.1) is 6.92 Å². The van der Waals surface area contributed by atoms with Gasteiger partial charge in [-0.15, -0.1) is 0 Å². The molecule has 0 fully saturated rings. The van der Waals surface area contributed by atoms with Crippen LogP contribution in [0.25, 0.3) is 10.9 Å². The minimum absolute atomic E-state index is 0.00417. The number of hydrogen-bond acceptors (Lipinski definition) is 2. The molecule has 1 N–H and O–H groups in total. The molecule has 0 aliphatic rings. The molecule has 0 bridgehead atoms. The number of benzene rings is 1. The van der Waals surface area contributed by atoms with Crippen LogP contribution in [0.5, 0.6) is 0 Å². The number of fused-ring (bicyclic) bond motifs is 1. The Hall–Kier alpha value is -1.77. The first kappa shape index (κ1) is 11.7. The van der Waals surface area contributed by atoms with Gasteiger partial charge in [0.1, 0.15) is 5.69 Å². The summed E-state index contributed by atoms with van der Waals surface area (Å²) in [6.45, 7) is 7.82. The van der Waals surface area contributed by atoms with Gasteiger partial charge in [-0.2, -0.15) is 0 Å². The number of pyridine rings is 1. The zero-order valence-electron chi connectivity index (χ0n) is 10.6. The molecule has 0 unspecified atom stereocenters. The van der Waals surface area contributed by atoms with E-state index < -0.39 is 0 Å². The number of para-hydroxylation sites is 1. The van der Waals surface area contributed by atoms with E-state index in [9.17, 15) is 4.79 Å². The first-order chi connectivity index (χ1) is 8.17. The van der Waals surface area contributed by atoms with Crippen molar-refractivity contribution in [1.82, 2.24) is 4.98 Å². The predicted octanol–water partition coefficient (Wildman–Crippen LogP) is 2.68. The molecule has 0 aliphatic heterocycles. The zero-order valence-corrected chi connectivity index (χ0v) is 10.6. The summed E-state index contributed by atoms with van der Waals surface area (Å²) in [5, 5.41) is 1.09. The van der Waals surface area contributed by atoms with Crippen LogP contribution >= 0.6 is 0 Å². The third-order valence-electron chi connectivity index (χ3n) is 3.17. The van der Waals surface area contributed by atoms with Crippen LogP contribution in [-0.4, -0.2) is 18.1 Å². The lowest BCUT2D eigenvalue weighted by molar-refractivity contribution is 0.858. The maximum Gasteiger partial charge on any atom is 0.271 e. The molecule has 17 heavy (non-hydrogen) atoms. The Bertz CT molecular complexity index is 582. The van der Waals surface area contributed by atoms with Crippen molar-refractivity contribution in [2.45, 2.75) is 20.8 Å². The quantitative estimate of drug-likeness (QED) is 0.880. The fraction of sp³-hybridized carbons (Fsp3) is 0.357. The molecule has 90 valence electrons. The second-order valence-electron chi connectivity index (χ2n) is 4.20. The summed E-state index contributed by atoms with van der Waals surface area (Å²) in [5.74, 6) is 0. The molecule has 0 radical (unpaired) electrons. The first-order valence-electron chi connectivity index (χ1n) is 6.05. The SMILES string of the molecule is CCN(CC)c1cc2cccc(C)c2[nH]c1=O. The normalized spacial score (nSPS) is 10.8. The third kappa shape index (κ3) is 2.05. The summed E-state index contributed by atoms with van der Waals surface area (Å²) >= 11 is 0. The third-order valence-corrected chi connectivity index (χ3v) is 3.17. The topological polar surface area (TPSA) is 36.1 Å². The predicted molar refractivity (Wildman–Crippen MR) is 72.9 cm³/mol. The van der Waals surface area contributed by atoms with Gasteiger partial charge in [0.05, 0.1) is 5.52 Å². The van der Waals surface area contributed by atoms with E-state index in [1.807, 2.05) is 31.2 Å². The van der Waals surface area contributed by atoms with Gasteiger partial charge in [0.25, 0.3) is 5.56 Å². The van der Waals surface area contributed by atoms with E-state index in [2.05, 4.69) is 23.7 Å². The lowest BCUT2D eigenvalue weighted by Gasteiger charge is -2.20. The van der Waals surface area contributed by atoms with E-state index in [0.717, 1.165) is 35.2 Å². The largest absolute Gasteiger partial charge is 0.368 e. The molecular formula is C14H18N2O. The van der Waals surface area contributed by atoms with Crippen molar-refractivity contribution in [2.24, 2.45) is 0 Å². The van der Waals surface area contributed by atoms with E-state index in [1.165, 1.54) is 0 Å². The van der Waals surface area contributed by atoms with Crippen molar-refractivity contribution in [3.63, 3.8) is 0 Å². The van der Waals surface area contributed by atoms with Crippen LogP contribution in [-0.2, 0) is 0 Å². The van der Waals surface area contributed by atoms with Crippen molar-refractivity contribution in [3.05, 3.63) is 40.2 Å². The summed E-state index contributed by atoms with van der Waals surface area (Å²) in [4.78, 5) is 17.1. The molecule has 0 aliphatic carbocycles. The highest BCUT2D eigenvalue weighted by Crippen LogP contribution is 2.18. The maximum atomic E-state index is 12.0. The number of aromatic nitrogens is 1. The van der Waals surface area contributed by atoms with E-state index in [0.29, 0.717) is 0 Å². The van der Waals surface area contributed by atoms with Crippen LogP contribution in [0.3, 0.4) is 0 Å². The van der Waals surface area contributed by atoms with Gasteiger partial charge in [-0.25, -0.2) is 0 Å². The summed E-state index contributed by atoms with van der Waals surface area (Å²) < 4.78 is 0. The number of H-pyrrole nitrogens is 1. The Morgan fingerprint density at radius 1 is 1.24 bits per heavy atom. The van der Waals surface area contributed by atoms with Crippen molar-refractivity contribution >= 4 is 16.6 Å². The molecule has 0 atom stereocenters. The van der Waals surface area contributed by atoms with Crippen LogP contribution in [0.2, 0.25) is 0 Å². The highest BCUT2D eigenvalue weighted by Gasteiger charge is 2.08. The fourth-order valence-corrected chi connectivity index (χ4v) is 2.17. The van der Waals surface area contributed by atoms with Crippen LogP contribution in [0.4, 0.5) is 5.69 Å². The highest BCUT2D eigenvalue weighted by molar-refractivity contribution is 5.84. The fourth-order valence-electron chi connectivity index (χ4n) is 2.17. The van der Waals surface area contributed by atoms with Gasteiger partial charge in [0.2, 0.25) is 0 Å². The second kappa shape index (κ2) is 4.62. The smallest absolute Gasteiger partial charge is 0.271 e. The molecule has 0 saturated carbocycles. The number of nitrogens with zero attached hydrogens (tertiary/aromatic N) is 1. The zero-order chi connectivity index (χ0) is 12.4. The monoisotopic (exact) mass is 230 g/mol. The average Bonchev–Trinajstić information content (AvgIpc) is 2.33. The van der Waals surface area contributed by atoms with E-state index in [-0.39, 0.29) is 5.56 Å². The molecule has 0 spiro atoms. The number of nitrogens with one attached hydrogen (secondary N) is 1. The molecule has 3 heteroatoms. The van der Waals surface area contributed by atoms with Gasteiger partial charge in [-0.1, -0.05) is 18.2 Å². The molecule has 3 nitrogen and oxygen atoms in total. The van der Waals surface area contributed by atoms with E-state index in [4.69, 9.17) is 0 Å². The van der Waals surface area contributed by atoms with Crippen molar-refractivity contribution < 1.29 is 0 Å². The molecule has 1 heterocycles. The van der Waals surface area contributed by atoms with Gasteiger partial charge in [0.15, 0.2) is 0 Å². The van der Waals surface area contributed by atoms with Crippen LogP contribution < -0.4 is 10.5 Å². The van der Waals surface area contributed by atoms with Crippen LogP contribution in [0.1, 0.15) is 19.4 Å². The Labute approximate surface area is 101 Å². The van der Waals surface area contributed by atoms with Crippen molar-refractivity contribution in [3.8, 4) is 0 Å². The average molecular weight is 230 g/mol. The molecule has 0 amide bonds. The summed E-state index contributed by atoms with van der Waals surface area (Å²) in [6.07, 6.45) is 0. The highest BCUT2D eigenvalue weighted by atomic mass is 16.1. The lowest BCUT2D eigenvalue weighted by atomic mass is 10.1. The van der Waals surface area contributed by atoms with Gasteiger partial charge >= 0.3 is 0 Å². The number of hydrogen-bond donors (Lipinski definition) is 1. The molecule has 1 aromatic heterocycles. The summed E-state index contributed by atoms with van der Waals surface area (Å²) in [5.41, 5.74) is 2.79. The van der Waals surface area contributed by atoms with Crippen molar-refractivity contribution in [2.75, 3.05) is 18.0 Å². The number of anilines is 1. The number of rotatable bonds is 3. The Morgan fingerprint density at radius 2 is 1.94 bits per heavy atom. The molecular weight excluding hydrogens is 212 g/mol. The Balaban J connectivity index is 2.68. The van der Waals surface area contributed by atoms with Crippen molar-refractivity contribution in [1.29, 1.82) is 0 Å². The molecule has 2 aromatic rings.